The van der Waals surface area contributed by atoms with Gasteiger partial charge in [0.25, 0.3) is 0 Å². The van der Waals surface area contributed by atoms with E-state index >= 15 is 0 Å². The van der Waals surface area contributed by atoms with Crippen molar-refractivity contribution in [1.29, 1.82) is 0 Å². The van der Waals surface area contributed by atoms with Gasteiger partial charge in [0.2, 0.25) is 0 Å². The zero-order valence-electron chi connectivity index (χ0n) is 9.86. The summed E-state index contributed by atoms with van der Waals surface area (Å²) in [4.78, 5) is 4.14. The number of ether oxygens (including phenoxy) is 1. The molecule has 2 heterocycles. The third-order valence-electron chi connectivity index (χ3n) is 3.15. The molecule has 0 radical (unpaired) electrons. The Kier molecular flexibility index (Phi) is 4.31. The standard InChI is InChI=1S/C13H20N2O/c1-11(13-5-2-6-14-9-13)15-8-12-4-3-7-16-10-12/h2,5-6,9,11-12,15H,3-4,7-8,10H2,1H3/t11-,12?/m1/s1. The van der Waals surface area contributed by atoms with Crippen LogP contribution in [0.2, 0.25) is 0 Å². The van der Waals surface area contributed by atoms with Gasteiger partial charge in [0, 0.05) is 31.6 Å². The molecular weight excluding hydrogens is 200 g/mol. The molecular formula is C13H20N2O. The third kappa shape index (κ3) is 3.29. The Hall–Kier alpha value is -0.930. The molecule has 1 N–H and O–H groups in total. The maximum atomic E-state index is 5.47. The van der Waals surface area contributed by atoms with Crippen LogP contribution in [0, 0.1) is 5.92 Å². The molecule has 0 bridgehead atoms. The van der Waals surface area contributed by atoms with Crippen molar-refractivity contribution in [3.8, 4) is 0 Å². The van der Waals surface area contributed by atoms with Crippen molar-refractivity contribution < 1.29 is 4.74 Å². The van der Waals surface area contributed by atoms with Crippen LogP contribution in [0.3, 0.4) is 0 Å². The van der Waals surface area contributed by atoms with Crippen LogP contribution in [-0.4, -0.2) is 24.7 Å². The van der Waals surface area contributed by atoms with Crippen molar-refractivity contribution in [3.05, 3.63) is 30.1 Å². The van der Waals surface area contributed by atoms with Gasteiger partial charge in [0.15, 0.2) is 0 Å². The van der Waals surface area contributed by atoms with Crippen molar-refractivity contribution >= 4 is 0 Å². The van der Waals surface area contributed by atoms with E-state index in [1.165, 1.54) is 18.4 Å². The lowest BCUT2D eigenvalue weighted by molar-refractivity contribution is 0.0540. The lowest BCUT2D eigenvalue weighted by Crippen LogP contribution is -2.30. The smallest absolute Gasteiger partial charge is 0.0506 e. The van der Waals surface area contributed by atoms with Crippen LogP contribution in [0.4, 0.5) is 0 Å². The van der Waals surface area contributed by atoms with Gasteiger partial charge < -0.3 is 10.1 Å². The van der Waals surface area contributed by atoms with E-state index < -0.39 is 0 Å². The van der Waals surface area contributed by atoms with Gasteiger partial charge in [-0.05, 0) is 37.3 Å². The van der Waals surface area contributed by atoms with Gasteiger partial charge in [-0.25, -0.2) is 0 Å². The van der Waals surface area contributed by atoms with Crippen molar-refractivity contribution in [2.45, 2.75) is 25.8 Å². The van der Waals surface area contributed by atoms with Crippen LogP contribution < -0.4 is 5.32 Å². The maximum Gasteiger partial charge on any atom is 0.0506 e. The van der Waals surface area contributed by atoms with Crippen LogP contribution in [-0.2, 0) is 4.74 Å². The average molecular weight is 220 g/mol. The van der Waals surface area contributed by atoms with E-state index in [2.05, 4.69) is 23.3 Å². The minimum Gasteiger partial charge on any atom is -0.381 e. The summed E-state index contributed by atoms with van der Waals surface area (Å²) in [6.07, 6.45) is 6.22. The molecule has 16 heavy (non-hydrogen) atoms. The zero-order valence-corrected chi connectivity index (χ0v) is 9.86. The van der Waals surface area contributed by atoms with Gasteiger partial charge in [0.1, 0.15) is 0 Å². The van der Waals surface area contributed by atoms with Gasteiger partial charge in [-0.1, -0.05) is 6.07 Å². The predicted molar refractivity (Wildman–Crippen MR) is 64.2 cm³/mol. The molecule has 0 aromatic carbocycles. The Labute approximate surface area is 97.2 Å². The normalized spacial score (nSPS) is 22.9. The van der Waals surface area contributed by atoms with Gasteiger partial charge in [-0.3, -0.25) is 4.98 Å². The van der Waals surface area contributed by atoms with Crippen molar-refractivity contribution in [3.63, 3.8) is 0 Å². The minimum absolute atomic E-state index is 0.371. The Balaban J connectivity index is 1.77. The largest absolute Gasteiger partial charge is 0.381 e. The molecule has 0 spiro atoms. The van der Waals surface area contributed by atoms with Gasteiger partial charge >= 0.3 is 0 Å². The molecule has 1 saturated heterocycles. The summed E-state index contributed by atoms with van der Waals surface area (Å²) in [6.45, 7) is 5.07. The maximum absolute atomic E-state index is 5.47. The summed E-state index contributed by atoms with van der Waals surface area (Å²) >= 11 is 0. The van der Waals surface area contributed by atoms with Crippen molar-refractivity contribution in [2.75, 3.05) is 19.8 Å². The van der Waals surface area contributed by atoms with Gasteiger partial charge in [-0.2, -0.15) is 0 Å². The van der Waals surface area contributed by atoms with Crippen LogP contribution in [0.1, 0.15) is 31.4 Å². The second kappa shape index (κ2) is 5.97. The van der Waals surface area contributed by atoms with Crippen molar-refractivity contribution in [1.82, 2.24) is 10.3 Å². The SMILES string of the molecule is C[C@@H](NCC1CCCOC1)c1cccnc1. The molecule has 0 aliphatic carbocycles. The molecule has 2 atom stereocenters. The summed E-state index contributed by atoms with van der Waals surface area (Å²) in [5.41, 5.74) is 1.25. The fourth-order valence-corrected chi connectivity index (χ4v) is 2.06. The summed E-state index contributed by atoms with van der Waals surface area (Å²) < 4.78 is 5.47. The fourth-order valence-electron chi connectivity index (χ4n) is 2.06. The summed E-state index contributed by atoms with van der Waals surface area (Å²) in [7, 11) is 0. The molecule has 1 fully saturated rings. The van der Waals surface area contributed by atoms with E-state index in [4.69, 9.17) is 4.74 Å². The molecule has 1 unspecified atom stereocenters. The minimum atomic E-state index is 0.371. The monoisotopic (exact) mass is 220 g/mol. The first kappa shape index (κ1) is 11.6. The molecule has 3 heteroatoms. The number of aromatic nitrogens is 1. The van der Waals surface area contributed by atoms with Gasteiger partial charge in [-0.15, -0.1) is 0 Å². The van der Waals surface area contributed by atoms with Crippen LogP contribution in [0.5, 0.6) is 0 Å². The molecule has 1 aliphatic heterocycles. The molecule has 0 saturated carbocycles. The highest BCUT2D eigenvalue weighted by Crippen LogP contribution is 2.15. The first-order valence-electron chi connectivity index (χ1n) is 6.07. The Morgan fingerprint density at radius 1 is 1.62 bits per heavy atom. The first-order valence-corrected chi connectivity index (χ1v) is 6.07. The van der Waals surface area contributed by atoms with E-state index in [1.54, 1.807) is 0 Å². The zero-order chi connectivity index (χ0) is 11.2. The van der Waals surface area contributed by atoms with E-state index in [1.807, 2.05) is 18.5 Å². The molecule has 1 aliphatic rings. The number of nitrogens with one attached hydrogen (secondary N) is 1. The van der Waals surface area contributed by atoms with E-state index in [-0.39, 0.29) is 0 Å². The highest BCUT2D eigenvalue weighted by molar-refractivity contribution is 5.12. The second-order valence-electron chi connectivity index (χ2n) is 4.50. The lowest BCUT2D eigenvalue weighted by atomic mass is 10.0. The van der Waals surface area contributed by atoms with E-state index in [0.717, 1.165) is 19.8 Å². The third-order valence-corrected chi connectivity index (χ3v) is 3.15. The lowest BCUT2D eigenvalue weighted by Gasteiger charge is -2.24. The van der Waals surface area contributed by atoms with E-state index in [0.29, 0.717) is 12.0 Å². The first-order chi connectivity index (χ1) is 7.86. The predicted octanol–water partition coefficient (Wildman–Crippen LogP) is 2.16. The molecule has 2 rings (SSSR count). The second-order valence-corrected chi connectivity index (χ2v) is 4.50. The molecule has 88 valence electrons. The highest BCUT2D eigenvalue weighted by atomic mass is 16.5. The quantitative estimate of drug-likeness (QED) is 0.844. The van der Waals surface area contributed by atoms with Gasteiger partial charge in [0.05, 0.1) is 6.61 Å². The molecule has 0 amide bonds. The number of hydrogen-bond acceptors (Lipinski definition) is 3. The molecule has 1 aromatic rings. The van der Waals surface area contributed by atoms with Crippen LogP contribution in [0.15, 0.2) is 24.5 Å². The number of nitrogens with zero attached hydrogens (tertiary/aromatic N) is 1. The molecule has 3 nitrogen and oxygen atoms in total. The highest BCUT2D eigenvalue weighted by Gasteiger charge is 2.14. The summed E-state index contributed by atoms with van der Waals surface area (Å²) in [6, 6.07) is 4.47. The van der Waals surface area contributed by atoms with Crippen LogP contribution >= 0.6 is 0 Å². The van der Waals surface area contributed by atoms with Crippen molar-refractivity contribution in [2.24, 2.45) is 5.92 Å². The Morgan fingerprint density at radius 3 is 3.25 bits per heavy atom. The number of pyridine rings is 1. The number of rotatable bonds is 4. The Morgan fingerprint density at radius 2 is 2.56 bits per heavy atom. The Bertz CT molecular complexity index is 296. The van der Waals surface area contributed by atoms with Crippen LogP contribution in [0.25, 0.3) is 0 Å². The topological polar surface area (TPSA) is 34.1 Å². The molecule has 1 aromatic heterocycles. The average Bonchev–Trinajstić information content (AvgIpc) is 2.38. The number of hydrogen-bond donors (Lipinski definition) is 1. The fraction of sp³-hybridized carbons (Fsp3) is 0.615. The van der Waals surface area contributed by atoms with E-state index in [9.17, 15) is 0 Å². The summed E-state index contributed by atoms with van der Waals surface area (Å²) in [5, 5.41) is 3.55. The summed E-state index contributed by atoms with van der Waals surface area (Å²) in [5.74, 6) is 0.674.